The average molecular weight is 690 g/mol. The van der Waals surface area contributed by atoms with Gasteiger partial charge in [0.25, 0.3) is 0 Å². The number of pyridine rings is 1. The molecule has 0 aliphatic carbocycles. The van der Waals surface area contributed by atoms with Crippen LogP contribution in [0.1, 0.15) is 75.8 Å². The van der Waals surface area contributed by atoms with Crippen LogP contribution in [-0.2, 0) is 25.6 Å². The van der Waals surface area contributed by atoms with Crippen molar-refractivity contribution in [1.82, 2.24) is 9.38 Å². The number of piperidine rings is 1. The lowest BCUT2D eigenvalue weighted by atomic mass is 9.92. The van der Waals surface area contributed by atoms with Gasteiger partial charge < -0.3 is 34.1 Å². The van der Waals surface area contributed by atoms with Crippen LogP contribution >= 0.6 is 0 Å². The summed E-state index contributed by atoms with van der Waals surface area (Å²) in [4.78, 5) is 20.2. The minimum atomic E-state index is -1.31. The molecule has 3 aliphatic heterocycles. The van der Waals surface area contributed by atoms with Crippen LogP contribution < -0.4 is 9.64 Å². The number of anilines is 1. The fourth-order valence-corrected chi connectivity index (χ4v) is 7.03. The Labute approximate surface area is 292 Å². The number of aryl methyl sites for hydroxylation is 1. The van der Waals surface area contributed by atoms with E-state index < -0.39 is 29.1 Å². The van der Waals surface area contributed by atoms with Crippen molar-refractivity contribution in [2.45, 2.75) is 91.3 Å². The Kier molecular flexibility index (Phi) is 9.98. The number of ether oxygens (including phenoxy) is 4. The van der Waals surface area contributed by atoms with Crippen LogP contribution in [0.25, 0.3) is 28.0 Å². The van der Waals surface area contributed by atoms with Gasteiger partial charge in [-0.25, -0.2) is 14.2 Å². The highest BCUT2D eigenvalue weighted by atomic mass is 19.1. The van der Waals surface area contributed by atoms with E-state index in [1.165, 1.54) is 6.07 Å². The van der Waals surface area contributed by atoms with Crippen LogP contribution in [-0.4, -0.2) is 75.8 Å². The van der Waals surface area contributed by atoms with Crippen LogP contribution in [0.5, 0.6) is 5.75 Å². The number of halogens is 1. The maximum absolute atomic E-state index is 15.8. The number of fused-ring (bicyclic) bond motifs is 8. The van der Waals surface area contributed by atoms with E-state index in [4.69, 9.17) is 23.9 Å². The van der Waals surface area contributed by atoms with Crippen molar-refractivity contribution < 1.29 is 38.3 Å². The Morgan fingerprint density at radius 2 is 1.86 bits per heavy atom. The van der Waals surface area contributed by atoms with E-state index in [1.54, 1.807) is 0 Å². The normalized spacial score (nSPS) is 20.8. The largest absolute Gasteiger partial charge is 0.488 e. The summed E-state index contributed by atoms with van der Waals surface area (Å²) < 4.78 is 42.5. The first-order valence-electron chi connectivity index (χ1n) is 17.3. The minimum absolute atomic E-state index is 0.307. The van der Waals surface area contributed by atoms with E-state index in [2.05, 4.69) is 11.8 Å². The van der Waals surface area contributed by atoms with E-state index in [0.717, 1.165) is 11.1 Å². The Morgan fingerprint density at radius 1 is 1.14 bits per heavy atom. The molecule has 0 spiro atoms. The number of carboxylic acid groups (broad SMARTS) is 1. The zero-order chi connectivity index (χ0) is 36.0. The van der Waals surface area contributed by atoms with Gasteiger partial charge in [0.2, 0.25) is 0 Å². The van der Waals surface area contributed by atoms with Gasteiger partial charge in [0, 0.05) is 36.0 Å². The van der Waals surface area contributed by atoms with Crippen LogP contribution in [0.15, 0.2) is 42.6 Å². The van der Waals surface area contributed by atoms with Gasteiger partial charge >= 0.3 is 5.97 Å². The maximum Gasteiger partial charge on any atom is 0.337 e. The first-order valence-corrected chi connectivity index (χ1v) is 17.3. The van der Waals surface area contributed by atoms with Crippen LogP contribution in [0.4, 0.5) is 10.2 Å². The van der Waals surface area contributed by atoms with Gasteiger partial charge in [-0.3, -0.25) is 4.40 Å². The lowest BCUT2D eigenvalue weighted by molar-refractivity contribution is -0.160. The number of aliphatic hydroxyl groups is 1. The second-order valence-electron chi connectivity index (χ2n) is 14.8. The van der Waals surface area contributed by atoms with Crippen LogP contribution in [0, 0.1) is 19.7 Å². The molecule has 6 bridgehead atoms. The molecule has 2 aromatic carbocycles. The van der Waals surface area contributed by atoms with E-state index in [1.807, 2.05) is 82.5 Å². The van der Waals surface area contributed by atoms with E-state index in [0.29, 0.717) is 96.5 Å². The summed E-state index contributed by atoms with van der Waals surface area (Å²) in [5.41, 5.74) is 3.90. The van der Waals surface area contributed by atoms with Crippen molar-refractivity contribution in [3.63, 3.8) is 0 Å². The number of carbonyl (C=O) groups is 1. The summed E-state index contributed by atoms with van der Waals surface area (Å²) in [7, 11) is 0. The second-order valence-corrected chi connectivity index (χ2v) is 14.8. The third-order valence-corrected chi connectivity index (χ3v) is 9.54. The van der Waals surface area contributed by atoms with Crippen molar-refractivity contribution in [1.29, 1.82) is 0 Å². The van der Waals surface area contributed by atoms with Gasteiger partial charge in [0.15, 0.2) is 6.10 Å². The summed E-state index contributed by atoms with van der Waals surface area (Å²) >= 11 is 0. The lowest BCUT2D eigenvalue weighted by Crippen LogP contribution is -2.46. The quantitative estimate of drug-likeness (QED) is 0.218. The molecule has 7 rings (SSSR count). The fourth-order valence-electron chi connectivity index (χ4n) is 7.03. The highest BCUT2D eigenvalue weighted by molar-refractivity contribution is 5.82. The molecule has 0 radical (unpaired) electrons. The number of aromatic nitrogens is 2. The first kappa shape index (κ1) is 35.8. The highest BCUT2D eigenvalue weighted by Crippen LogP contribution is 2.42. The lowest BCUT2D eigenvalue weighted by Gasteiger charge is -2.42. The van der Waals surface area contributed by atoms with Gasteiger partial charge in [-0.2, -0.15) is 0 Å². The number of carboxylic acids is 1. The number of aliphatic hydroxyl groups excluding tert-OH is 1. The fraction of sp³-hybridized carbons (Fsp3) is 0.487. The molecule has 0 saturated carbocycles. The van der Waals surface area contributed by atoms with E-state index in [9.17, 15) is 15.0 Å². The molecule has 11 heteroatoms. The minimum Gasteiger partial charge on any atom is -0.488 e. The number of hydrogen-bond acceptors (Lipinski definition) is 8. The summed E-state index contributed by atoms with van der Waals surface area (Å²) in [6, 6.07) is 10.8. The van der Waals surface area contributed by atoms with Crippen molar-refractivity contribution >= 4 is 17.4 Å². The summed E-state index contributed by atoms with van der Waals surface area (Å²) in [6.45, 7) is 15.0. The third-order valence-electron chi connectivity index (χ3n) is 9.54. The van der Waals surface area contributed by atoms with Crippen molar-refractivity contribution in [2.24, 2.45) is 0 Å². The zero-order valence-electron chi connectivity index (χ0n) is 30.0. The van der Waals surface area contributed by atoms with Crippen molar-refractivity contribution in [2.75, 3.05) is 37.8 Å². The Balaban J connectivity index is 1.60. The molecular weight excluding hydrogens is 641 g/mol. The standard InChI is InChI=1S/C39H48FN3O7/c1-23-17-29(40)33-27-10-8-9-26(19-27)30-20-43-35(41-30)28(21-44)25(3)32(34(37(45)46)50-38(4,5)6)36(43)42-13-11-39(7,12-14-42)48-16-15-47-22-24(2)49-31(33)18-23/h8-10,17-20,24,34,44H,11-16,21-22H2,1-7H3,(H,45,46)/t24-,34-/m0/s1. The first-order chi connectivity index (χ1) is 23.7. The number of benzene rings is 2. The molecule has 5 heterocycles. The zero-order valence-corrected chi connectivity index (χ0v) is 30.0. The molecule has 1 fully saturated rings. The molecule has 10 nitrogen and oxygen atoms in total. The molecular formula is C39H48FN3O7. The Bertz CT molecular complexity index is 1890. The number of rotatable bonds is 4. The SMILES string of the molecule is Cc1cc(F)c2c(c1)O[C@@H](C)COCCOC1(C)CCN(CC1)c1c([C@H](OC(C)(C)C)C(=O)O)c(C)c(CO)c3nc(cn13)-c1cccc-2c1. The summed E-state index contributed by atoms with van der Waals surface area (Å²) in [6.07, 6.45) is 1.60. The van der Waals surface area contributed by atoms with Crippen LogP contribution in [0.3, 0.4) is 0 Å². The van der Waals surface area contributed by atoms with E-state index in [-0.39, 0.29) is 12.7 Å². The predicted molar refractivity (Wildman–Crippen MR) is 189 cm³/mol. The molecule has 0 unspecified atom stereocenters. The third kappa shape index (κ3) is 7.23. The van der Waals surface area contributed by atoms with Gasteiger partial charge in [0.05, 0.1) is 48.9 Å². The molecule has 1 saturated heterocycles. The number of imidazole rings is 1. The predicted octanol–water partition coefficient (Wildman–Crippen LogP) is 7.03. The Hall–Kier alpha value is -4.03. The van der Waals surface area contributed by atoms with Gasteiger partial charge in [-0.05, 0) is 96.2 Å². The molecule has 2 aromatic heterocycles. The molecule has 268 valence electrons. The monoisotopic (exact) mass is 689 g/mol. The highest BCUT2D eigenvalue weighted by Gasteiger charge is 2.38. The van der Waals surface area contributed by atoms with Gasteiger partial charge in [0.1, 0.15) is 29.1 Å². The Morgan fingerprint density at radius 3 is 2.54 bits per heavy atom. The summed E-state index contributed by atoms with van der Waals surface area (Å²) in [5.74, 6) is -0.468. The van der Waals surface area contributed by atoms with E-state index >= 15 is 4.39 Å². The average Bonchev–Trinajstić information content (AvgIpc) is 3.47. The van der Waals surface area contributed by atoms with Gasteiger partial charge in [-0.1, -0.05) is 18.2 Å². The topological polar surface area (TPSA) is 115 Å². The van der Waals surface area contributed by atoms with Crippen molar-refractivity contribution in [3.05, 3.63) is 70.7 Å². The second kappa shape index (κ2) is 13.9. The maximum atomic E-state index is 15.8. The van der Waals surface area contributed by atoms with Crippen LogP contribution in [0.2, 0.25) is 0 Å². The molecule has 2 atom stereocenters. The molecule has 2 N–H and O–H groups in total. The smallest absolute Gasteiger partial charge is 0.337 e. The number of aliphatic carboxylic acids is 1. The molecule has 3 aliphatic rings. The molecule has 0 amide bonds. The number of hydrogen-bond donors (Lipinski definition) is 2. The van der Waals surface area contributed by atoms with Crippen molar-refractivity contribution in [3.8, 4) is 28.1 Å². The summed E-state index contributed by atoms with van der Waals surface area (Å²) in [5, 5.41) is 21.3. The number of nitrogens with zero attached hydrogens (tertiary/aromatic N) is 3. The molecule has 50 heavy (non-hydrogen) atoms. The molecule has 4 aromatic rings. The van der Waals surface area contributed by atoms with Gasteiger partial charge in [-0.15, -0.1) is 0 Å².